The van der Waals surface area contributed by atoms with Gasteiger partial charge in [-0.05, 0) is 43.5 Å². The minimum Gasteiger partial charge on any atom is -0.338 e. The number of benzene rings is 1. The van der Waals surface area contributed by atoms with E-state index in [2.05, 4.69) is 5.10 Å². The molecule has 1 aromatic carbocycles. The van der Waals surface area contributed by atoms with Gasteiger partial charge in [0.15, 0.2) is 0 Å². The molecule has 1 fully saturated rings. The second-order valence-electron chi connectivity index (χ2n) is 6.24. The zero-order valence-corrected chi connectivity index (χ0v) is 15.1. The predicted molar refractivity (Wildman–Crippen MR) is 96.9 cm³/mol. The fraction of sp³-hybridized carbons (Fsp3) is 0.316. The summed E-state index contributed by atoms with van der Waals surface area (Å²) in [5, 5.41) is 14.1. The molecule has 26 heavy (non-hydrogen) atoms. The van der Waals surface area contributed by atoms with Crippen molar-refractivity contribution in [3.63, 3.8) is 0 Å². The van der Waals surface area contributed by atoms with Gasteiger partial charge in [-0.1, -0.05) is 23.7 Å². The molecule has 2 heterocycles. The van der Waals surface area contributed by atoms with E-state index in [1.54, 1.807) is 28.6 Å². The Labute approximate surface area is 156 Å². The van der Waals surface area contributed by atoms with Gasteiger partial charge < -0.3 is 4.90 Å². The lowest BCUT2D eigenvalue weighted by molar-refractivity contribution is -0.125. The number of halogens is 2. The van der Waals surface area contributed by atoms with Crippen LogP contribution < -0.4 is 0 Å². The molecule has 0 spiro atoms. The molecule has 2 aromatic rings. The topological polar surface area (TPSA) is 61.9 Å². The van der Waals surface area contributed by atoms with Crippen molar-refractivity contribution in [3.05, 3.63) is 57.6 Å². The Kier molecular flexibility index (Phi) is 5.38. The Morgan fingerprint density at radius 2 is 2.00 bits per heavy atom. The van der Waals surface area contributed by atoms with Crippen molar-refractivity contribution in [2.45, 2.75) is 26.3 Å². The van der Waals surface area contributed by atoms with Crippen molar-refractivity contribution < 1.29 is 9.18 Å². The SMILES string of the molecule is Cc1nn(Cc2ccc(F)cc2)c(Cl)c1/C=C(\C#N)C(=O)N1CCCC1. The van der Waals surface area contributed by atoms with Gasteiger partial charge in [0.2, 0.25) is 0 Å². The first-order valence-corrected chi connectivity index (χ1v) is 8.76. The van der Waals surface area contributed by atoms with Gasteiger partial charge in [0, 0.05) is 18.7 Å². The molecule has 7 heteroatoms. The number of carbonyl (C=O) groups excluding carboxylic acids is 1. The number of likely N-dealkylation sites (tertiary alicyclic amines) is 1. The van der Waals surface area contributed by atoms with E-state index in [-0.39, 0.29) is 17.3 Å². The molecule has 0 unspecified atom stereocenters. The first-order chi connectivity index (χ1) is 12.5. The molecule has 1 amide bonds. The Hall–Kier alpha value is -2.65. The summed E-state index contributed by atoms with van der Waals surface area (Å²) >= 11 is 6.42. The number of aromatic nitrogens is 2. The van der Waals surface area contributed by atoms with Gasteiger partial charge in [-0.25, -0.2) is 9.07 Å². The molecule has 1 aliphatic heterocycles. The van der Waals surface area contributed by atoms with Crippen LogP contribution in [-0.4, -0.2) is 33.7 Å². The second kappa shape index (κ2) is 7.71. The van der Waals surface area contributed by atoms with Gasteiger partial charge >= 0.3 is 0 Å². The number of amides is 1. The Morgan fingerprint density at radius 1 is 1.35 bits per heavy atom. The molecule has 1 saturated heterocycles. The van der Waals surface area contributed by atoms with Crippen molar-refractivity contribution in [1.82, 2.24) is 14.7 Å². The molecular weight excluding hydrogens is 355 g/mol. The van der Waals surface area contributed by atoms with Crippen molar-refractivity contribution in [2.75, 3.05) is 13.1 Å². The van der Waals surface area contributed by atoms with Crippen molar-refractivity contribution in [1.29, 1.82) is 5.26 Å². The lowest BCUT2D eigenvalue weighted by Crippen LogP contribution is -2.28. The third-order valence-electron chi connectivity index (χ3n) is 4.39. The van der Waals surface area contributed by atoms with Gasteiger partial charge in [0.25, 0.3) is 5.91 Å². The van der Waals surface area contributed by atoms with E-state index in [1.165, 1.54) is 18.2 Å². The van der Waals surface area contributed by atoms with E-state index in [0.29, 0.717) is 36.0 Å². The summed E-state index contributed by atoms with van der Waals surface area (Å²) in [6.07, 6.45) is 3.42. The number of aryl methyl sites for hydroxylation is 1. The number of rotatable bonds is 4. The first kappa shape index (κ1) is 18.2. The van der Waals surface area contributed by atoms with Crippen LogP contribution in [0.15, 0.2) is 29.8 Å². The van der Waals surface area contributed by atoms with E-state index in [1.807, 2.05) is 6.07 Å². The van der Waals surface area contributed by atoms with Gasteiger partial charge in [-0.2, -0.15) is 10.4 Å². The highest BCUT2D eigenvalue weighted by molar-refractivity contribution is 6.31. The number of hydrogen-bond donors (Lipinski definition) is 0. The molecule has 1 aliphatic rings. The Bertz CT molecular complexity index is 889. The van der Waals surface area contributed by atoms with Crippen molar-refractivity contribution in [3.8, 4) is 6.07 Å². The molecule has 1 aromatic heterocycles. The number of hydrogen-bond acceptors (Lipinski definition) is 3. The van der Waals surface area contributed by atoms with Crippen molar-refractivity contribution >= 4 is 23.6 Å². The summed E-state index contributed by atoms with van der Waals surface area (Å²) < 4.78 is 14.6. The summed E-state index contributed by atoms with van der Waals surface area (Å²) in [7, 11) is 0. The molecule has 5 nitrogen and oxygen atoms in total. The molecule has 0 aliphatic carbocycles. The van der Waals surface area contributed by atoms with Gasteiger partial charge in [0.05, 0.1) is 12.2 Å². The van der Waals surface area contributed by atoms with Crippen LogP contribution in [0.1, 0.15) is 29.7 Å². The van der Waals surface area contributed by atoms with Crippen LogP contribution in [0.25, 0.3) is 6.08 Å². The molecule has 0 atom stereocenters. The summed E-state index contributed by atoms with van der Waals surface area (Å²) in [6.45, 7) is 3.49. The highest BCUT2D eigenvalue weighted by Gasteiger charge is 2.23. The highest BCUT2D eigenvalue weighted by Crippen LogP contribution is 2.24. The van der Waals surface area contributed by atoms with E-state index < -0.39 is 0 Å². The maximum Gasteiger partial charge on any atom is 0.264 e. The summed E-state index contributed by atoms with van der Waals surface area (Å²) in [4.78, 5) is 14.1. The quantitative estimate of drug-likeness (QED) is 0.609. The number of nitriles is 1. The summed E-state index contributed by atoms with van der Waals surface area (Å²) in [6, 6.07) is 8.06. The normalized spacial score (nSPS) is 14.5. The zero-order valence-electron chi connectivity index (χ0n) is 14.4. The van der Waals surface area contributed by atoms with Crippen LogP contribution in [0.3, 0.4) is 0 Å². The average Bonchev–Trinajstić information content (AvgIpc) is 3.25. The van der Waals surface area contributed by atoms with Crippen LogP contribution >= 0.6 is 11.6 Å². The zero-order chi connectivity index (χ0) is 18.7. The molecule has 0 N–H and O–H groups in total. The van der Waals surface area contributed by atoms with Gasteiger partial charge in [0.1, 0.15) is 22.6 Å². The first-order valence-electron chi connectivity index (χ1n) is 8.38. The van der Waals surface area contributed by atoms with Crippen LogP contribution in [0.2, 0.25) is 5.15 Å². The lowest BCUT2D eigenvalue weighted by atomic mass is 10.1. The number of nitrogens with zero attached hydrogens (tertiary/aromatic N) is 4. The third kappa shape index (κ3) is 3.78. The van der Waals surface area contributed by atoms with Crippen LogP contribution in [0, 0.1) is 24.1 Å². The van der Waals surface area contributed by atoms with Gasteiger partial charge in [-0.15, -0.1) is 0 Å². The summed E-state index contributed by atoms with van der Waals surface area (Å²) in [5.74, 6) is -0.578. The van der Waals surface area contributed by atoms with Gasteiger partial charge in [-0.3, -0.25) is 4.79 Å². The fourth-order valence-electron chi connectivity index (χ4n) is 2.98. The molecule has 0 bridgehead atoms. The third-order valence-corrected chi connectivity index (χ3v) is 4.79. The van der Waals surface area contributed by atoms with E-state index in [9.17, 15) is 14.4 Å². The van der Waals surface area contributed by atoms with Crippen LogP contribution in [0.5, 0.6) is 0 Å². The summed E-state index contributed by atoms with van der Waals surface area (Å²) in [5.41, 5.74) is 2.08. The van der Waals surface area contributed by atoms with Crippen molar-refractivity contribution in [2.24, 2.45) is 0 Å². The highest BCUT2D eigenvalue weighted by atomic mass is 35.5. The Morgan fingerprint density at radius 3 is 2.62 bits per heavy atom. The van der Waals surface area contributed by atoms with E-state index >= 15 is 0 Å². The molecule has 0 saturated carbocycles. The van der Waals surface area contributed by atoms with Crippen LogP contribution in [-0.2, 0) is 11.3 Å². The minimum absolute atomic E-state index is 0.0539. The van der Waals surface area contributed by atoms with E-state index in [4.69, 9.17) is 11.6 Å². The lowest BCUT2D eigenvalue weighted by Gasteiger charge is -2.14. The predicted octanol–water partition coefficient (Wildman–Crippen LogP) is 3.56. The average molecular weight is 373 g/mol. The maximum absolute atomic E-state index is 13.0. The van der Waals surface area contributed by atoms with Crippen LogP contribution in [0.4, 0.5) is 4.39 Å². The number of carbonyl (C=O) groups is 1. The second-order valence-corrected chi connectivity index (χ2v) is 6.60. The largest absolute Gasteiger partial charge is 0.338 e. The molecule has 134 valence electrons. The smallest absolute Gasteiger partial charge is 0.264 e. The monoisotopic (exact) mass is 372 g/mol. The fourth-order valence-corrected chi connectivity index (χ4v) is 3.26. The Balaban J connectivity index is 1.87. The molecule has 0 radical (unpaired) electrons. The minimum atomic E-state index is -0.306. The maximum atomic E-state index is 13.0. The molecular formula is C19H18ClFN4O. The van der Waals surface area contributed by atoms with E-state index in [0.717, 1.165) is 18.4 Å². The standard InChI is InChI=1S/C19H18ClFN4O/c1-13-17(10-15(11-22)19(26)24-8-2-3-9-24)18(20)25(23-13)12-14-4-6-16(21)7-5-14/h4-7,10H,2-3,8-9,12H2,1H3/b15-10+. The molecule has 3 rings (SSSR count).